The average molecular weight is 359 g/mol. The maximum Gasteiger partial charge on any atom is 0.254 e. The Morgan fingerprint density at radius 2 is 2.15 bits per heavy atom. The van der Waals surface area contributed by atoms with E-state index in [1.807, 2.05) is 26.0 Å². The average Bonchev–Trinajstić information content (AvgIpc) is 2.98. The first-order chi connectivity index (χ1) is 12.5. The van der Waals surface area contributed by atoms with Crippen molar-refractivity contribution in [3.05, 3.63) is 52.8 Å². The van der Waals surface area contributed by atoms with Crippen LogP contribution in [0.3, 0.4) is 0 Å². The predicted molar refractivity (Wildman–Crippen MR) is 95.5 cm³/mol. The van der Waals surface area contributed by atoms with Gasteiger partial charge >= 0.3 is 0 Å². The van der Waals surface area contributed by atoms with Gasteiger partial charge in [-0.3, -0.25) is 4.79 Å². The lowest BCUT2D eigenvalue weighted by molar-refractivity contribution is 0.0946. The van der Waals surface area contributed by atoms with Crippen LogP contribution in [0.25, 0.3) is 0 Å². The third-order valence-electron chi connectivity index (χ3n) is 4.24. The van der Waals surface area contributed by atoms with Crippen LogP contribution in [0.5, 0.6) is 17.2 Å². The number of amides is 1. The molecule has 1 aliphatic rings. The molecule has 3 rings (SSSR count). The van der Waals surface area contributed by atoms with E-state index in [1.54, 1.807) is 6.07 Å². The number of halogens is 1. The molecule has 1 N–H and O–H groups in total. The van der Waals surface area contributed by atoms with Gasteiger partial charge in [0.1, 0.15) is 29.2 Å². The Morgan fingerprint density at radius 3 is 2.85 bits per heavy atom. The van der Waals surface area contributed by atoms with Crippen LogP contribution in [-0.4, -0.2) is 25.7 Å². The summed E-state index contributed by atoms with van der Waals surface area (Å²) < 4.78 is 30.5. The first kappa shape index (κ1) is 18.0. The number of fused-ring (bicyclic) bond motifs is 1. The van der Waals surface area contributed by atoms with Crippen molar-refractivity contribution in [1.82, 2.24) is 5.32 Å². The molecule has 2 aromatic carbocycles. The normalized spacial score (nSPS) is 15.2. The maximum atomic E-state index is 14.1. The van der Waals surface area contributed by atoms with Gasteiger partial charge in [0, 0.05) is 30.2 Å². The van der Waals surface area contributed by atoms with Gasteiger partial charge in [-0.15, -0.1) is 0 Å². The second-order valence-electron chi connectivity index (χ2n) is 6.16. The van der Waals surface area contributed by atoms with Gasteiger partial charge in [-0.25, -0.2) is 4.39 Å². The summed E-state index contributed by atoms with van der Waals surface area (Å²) >= 11 is 0. The zero-order valence-corrected chi connectivity index (χ0v) is 15.1. The fourth-order valence-electron chi connectivity index (χ4n) is 2.99. The lowest BCUT2D eigenvalue weighted by Gasteiger charge is -2.13. The molecule has 0 spiro atoms. The van der Waals surface area contributed by atoms with Gasteiger partial charge in [0.2, 0.25) is 0 Å². The summed E-state index contributed by atoms with van der Waals surface area (Å²) in [7, 11) is 1.44. The topological polar surface area (TPSA) is 56.8 Å². The summed E-state index contributed by atoms with van der Waals surface area (Å²) in [6.45, 7) is 4.64. The van der Waals surface area contributed by atoms with Gasteiger partial charge in [-0.05, 0) is 38.1 Å². The van der Waals surface area contributed by atoms with E-state index in [1.165, 1.54) is 19.2 Å². The van der Waals surface area contributed by atoms with E-state index in [2.05, 4.69) is 5.32 Å². The number of carbonyl (C=O) groups is 1. The Morgan fingerprint density at radius 1 is 1.35 bits per heavy atom. The number of benzene rings is 2. The van der Waals surface area contributed by atoms with E-state index in [-0.39, 0.29) is 18.2 Å². The molecule has 0 saturated carbocycles. The zero-order chi connectivity index (χ0) is 18.7. The molecule has 0 unspecified atom stereocenters. The molecule has 2 aromatic rings. The summed E-state index contributed by atoms with van der Waals surface area (Å²) in [5.74, 6) is 0.753. The van der Waals surface area contributed by atoms with E-state index < -0.39 is 11.7 Å². The number of rotatable bonds is 6. The molecule has 0 radical (unpaired) electrons. The molecule has 0 aromatic heterocycles. The quantitative estimate of drug-likeness (QED) is 0.858. The molecule has 0 saturated heterocycles. The fourth-order valence-corrected chi connectivity index (χ4v) is 2.99. The molecule has 6 heteroatoms. The molecule has 1 aliphatic heterocycles. The molecule has 1 atom stereocenters. The van der Waals surface area contributed by atoms with Crippen LogP contribution >= 0.6 is 0 Å². The number of carbonyl (C=O) groups excluding carboxylic acids is 1. The van der Waals surface area contributed by atoms with Crippen LogP contribution in [0.2, 0.25) is 0 Å². The number of nitrogens with one attached hydrogen (secondary N) is 1. The minimum Gasteiger partial charge on any atom is -0.497 e. The van der Waals surface area contributed by atoms with Crippen molar-refractivity contribution >= 4 is 5.91 Å². The molecule has 5 nitrogen and oxygen atoms in total. The van der Waals surface area contributed by atoms with E-state index in [0.29, 0.717) is 18.1 Å². The molecular formula is C20H22FNO4. The summed E-state index contributed by atoms with van der Waals surface area (Å²) in [5.41, 5.74) is 1.86. The second kappa shape index (κ2) is 7.64. The van der Waals surface area contributed by atoms with Crippen LogP contribution in [0, 0.1) is 5.82 Å². The number of hydrogen-bond acceptors (Lipinski definition) is 4. The molecular weight excluding hydrogens is 337 g/mol. The highest BCUT2D eigenvalue weighted by molar-refractivity contribution is 5.94. The molecule has 138 valence electrons. The smallest absolute Gasteiger partial charge is 0.254 e. The minimum absolute atomic E-state index is 0.0326. The summed E-state index contributed by atoms with van der Waals surface area (Å²) in [5, 5.41) is 2.74. The number of methoxy groups -OCH3 is 1. The highest BCUT2D eigenvalue weighted by Crippen LogP contribution is 2.35. The third kappa shape index (κ3) is 3.74. The zero-order valence-electron chi connectivity index (χ0n) is 15.1. The van der Waals surface area contributed by atoms with Crippen LogP contribution in [-0.2, 0) is 13.0 Å². The van der Waals surface area contributed by atoms with Crippen molar-refractivity contribution in [3.8, 4) is 17.2 Å². The molecule has 0 fully saturated rings. The third-order valence-corrected chi connectivity index (χ3v) is 4.24. The summed E-state index contributed by atoms with van der Waals surface area (Å²) in [4.78, 5) is 12.3. The molecule has 1 heterocycles. The Kier molecular flexibility index (Phi) is 5.30. The van der Waals surface area contributed by atoms with Crippen LogP contribution in [0.15, 0.2) is 30.3 Å². The highest BCUT2D eigenvalue weighted by atomic mass is 19.1. The second-order valence-corrected chi connectivity index (χ2v) is 6.16. The predicted octanol–water partition coefficient (Wildman–Crippen LogP) is 3.49. The fraction of sp³-hybridized carbons (Fsp3) is 0.350. The summed E-state index contributed by atoms with van der Waals surface area (Å²) in [6, 6.07) is 7.98. The Hall–Kier alpha value is -2.76. The largest absolute Gasteiger partial charge is 0.497 e. The Bertz CT molecular complexity index is 822. The van der Waals surface area contributed by atoms with Crippen LogP contribution < -0.4 is 19.5 Å². The van der Waals surface area contributed by atoms with Crippen molar-refractivity contribution < 1.29 is 23.4 Å². The van der Waals surface area contributed by atoms with Gasteiger partial charge in [-0.2, -0.15) is 0 Å². The van der Waals surface area contributed by atoms with Crippen molar-refractivity contribution in [1.29, 1.82) is 0 Å². The van der Waals surface area contributed by atoms with Crippen LogP contribution in [0.1, 0.15) is 35.3 Å². The minimum atomic E-state index is -0.627. The monoisotopic (exact) mass is 359 g/mol. The van der Waals surface area contributed by atoms with Gasteiger partial charge in [-0.1, -0.05) is 0 Å². The molecule has 26 heavy (non-hydrogen) atoms. The lowest BCUT2D eigenvalue weighted by Crippen LogP contribution is -2.24. The van der Waals surface area contributed by atoms with Crippen molar-refractivity contribution in [2.45, 2.75) is 32.9 Å². The first-order valence-corrected chi connectivity index (χ1v) is 8.58. The maximum absolute atomic E-state index is 14.1. The van der Waals surface area contributed by atoms with Crippen LogP contribution in [0.4, 0.5) is 4.39 Å². The summed E-state index contributed by atoms with van der Waals surface area (Å²) in [6.07, 6.45) is 0.955. The van der Waals surface area contributed by atoms with Crippen molar-refractivity contribution in [2.24, 2.45) is 0 Å². The highest BCUT2D eigenvalue weighted by Gasteiger charge is 2.22. The van der Waals surface area contributed by atoms with E-state index in [9.17, 15) is 9.18 Å². The van der Waals surface area contributed by atoms with Gasteiger partial charge in [0.05, 0.1) is 19.3 Å². The molecule has 0 aliphatic carbocycles. The first-order valence-electron chi connectivity index (χ1n) is 8.58. The van der Waals surface area contributed by atoms with Gasteiger partial charge in [0.15, 0.2) is 0 Å². The SMILES string of the molecule is CCOc1cc2c(cc1CNC(=O)c1ccc(OC)cc1F)O[C@@H](C)C2. The van der Waals surface area contributed by atoms with E-state index in [0.717, 1.165) is 23.3 Å². The Labute approximate surface area is 152 Å². The molecule has 1 amide bonds. The van der Waals surface area contributed by atoms with Crippen molar-refractivity contribution in [2.75, 3.05) is 13.7 Å². The van der Waals surface area contributed by atoms with Gasteiger partial charge < -0.3 is 19.5 Å². The van der Waals surface area contributed by atoms with E-state index in [4.69, 9.17) is 14.2 Å². The number of hydrogen-bond donors (Lipinski definition) is 1. The standard InChI is InChI=1S/C20H22FNO4/c1-4-25-18-8-13-7-12(2)26-19(13)9-14(18)11-22-20(23)16-6-5-15(24-3)10-17(16)21/h5-6,8-10,12H,4,7,11H2,1-3H3,(H,22,23)/t12-/m0/s1. The molecule has 0 bridgehead atoms. The number of ether oxygens (including phenoxy) is 3. The Balaban J connectivity index is 1.76. The lowest BCUT2D eigenvalue weighted by atomic mass is 10.1. The van der Waals surface area contributed by atoms with Crippen molar-refractivity contribution in [3.63, 3.8) is 0 Å². The van der Waals surface area contributed by atoms with Gasteiger partial charge in [0.25, 0.3) is 5.91 Å². The van der Waals surface area contributed by atoms with E-state index >= 15 is 0 Å².